The van der Waals surface area contributed by atoms with Gasteiger partial charge in [0.05, 0.1) is 0 Å². The Balaban J connectivity index is 2.11. The van der Waals surface area contributed by atoms with Crippen LogP contribution < -0.4 is 4.74 Å². The van der Waals surface area contributed by atoms with Gasteiger partial charge in [-0.15, -0.1) is 11.8 Å². The van der Waals surface area contributed by atoms with Gasteiger partial charge < -0.3 is 4.74 Å². The molecule has 0 atom stereocenters. The molecule has 2 aromatic carbocycles. The summed E-state index contributed by atoms with van der Waals surface area (Å²) in [5.41, 5.74) is 3.09. The zero-order valence-electron chi connectivity index (χ0n) is 12.0. The van der Waals surface area contributed by atoms with Gasteiger partial charge in [0.25, 0.3) is 0 Å². The van der Waals surface area contributed by atoms with Crippen molar-refractivity contribution in [3.63, 3.8) is 0 Å². The zero-order chi connectivity index (χ0) is 14.5. The van der Waals surface area contributed by atoms with Gasteiger partial charge in [-0.3, -0.25) is 4.79 Å². The Morgan fingerprint density at radius 1 is 1.10 bits per heavy atom. The van der Waals surface area contributed by atoms with E-state index < -0.39 is 0 Å². The second kappa shape index (κ2) is 6.62. The van der Waals surface area contributed by atoms with Crippen molar-refractivity contribution in [3.05, 3.63) is 59.2 Å². The van der Waals surface area contributed by atoms with Gasteiger partial charge in [0, 0.05) is 10.5 Å². The molecule has 0 spiro atoms. The second-order valence-electron chi connectivity index (χ2n) is 4.67. The smallest absolute Gasteiger partial charge is 0.200 e. The van der Waals surface area contributed by atoms with Gasteiger partial charge in [-0.25, -0.2) is 0 Å². The fourth-order valence-corrected chi connectivity index (χ4v) is 2.50. The van der Waals surface area contributed by atoms with Crippen LogP contribution in [0.15, 0.2) is 47.4 Å². The van der Waals surface area contributed by atoms with Gasteiger partial charge in [-0.05, 0) is 43.4 Å². The summed E-state index contributed by atoms with van der Waals surface area (Å²) in [6, 6.07) is 13.3. The van der Waals surface area contributed by atoms with E-state index in [1.807, 2.05) is 49.6 Å². The van der Waals surface area contributed by atoms with Crippen molar-refractivity contribution in [1.82, 2.24) is 0 Å². The molecule has 0 aliphatic heterocycles. The number of benzene rings is 2. The van der Waals surface area contributed by atoms with Crippen LogP contribution in [0, 0.1) is 13.8 Å². The molecule has 0 amide bonds. The molecule has 0 N–H and O–H groups in total. The topological polar surface area (TPSA) is 26.3 Å². The van der Waals surface area contributed by atoms with Crippen LogP contribution in [-0.4, -0.2) is 18.6 Å². The number of carbonyl (C=O) groups excluding carboxylic acids is 1. The summed E-state index contributed by atoms with van der Waals surface area (Å²) in [5.74, 6) is 0.778. The van der Waals surface area contributed by atoms with Gasteiger partial charge in [0.15, 0.2) is 12.4 Å². The Labute approximate surface area is 124 Å². The Kier molecular flexibility index (Phi) is 4.85. The van der Waals surface area contributed by atoms with Crippen molar-refractivity contribution in [3.8, 4) is 5.75 Å². The van der Waals surface area contributed by atoms with E-state index in [0.717, 1.165) is 10.6 Å². The highest BCUT2D eigenvalue weighted by Crippen LogP contribution is 2.30. The number of rotatable bonds is 5. The number of ether oxygens (including phenoxy) is 1. The average molecular weight is 286 g/mol. The van der Waals surface area contributed by atoms with Crippen LogP contribution in [0.5, 0.6) is 5.75 Å². The molecule has 0 bridgehead atoms. The normalized spacial score (nSPS) is 10.3. The fourth-order valence-electron chi connectivity index (χ4n) is 1.89. The average Bonchev–Trinajstić information content (AvgIpc) is 2.48. The molecule has 3 heteroatoms. The predicted molar refractivity (Wildman–Crippen MR) is 84.0 cm³/mol. The Bertz CT molecular complexity index is 606. The second-order valence-corrected chi connectivity index (χ2v) is 5.51. The van der Waals surface area contributed by atoms with Gasteiger partial charge >= 0.3 is 0 Å². The van der Waals surface area contributed by atoms with Crippen LogP contribution >= 0.6 is 11.8 Å². The third-order valence-electron chi connectivity index (χ3n) is 3.23. The molecule has 20 heavy (non-hydrogen) atoms. The summed E-state index contributed by atoms with van der Waals surface area (Å²) in [7, 11) is 0. The van der Waals surface area contributed by atoms with E-state index in [9.17, 15) is 4.79 Å². The first-order valence-electron chi connectivity index (χ1n) is 6.48. The molecule has 0 fully saturated rings. The van der Waals surface area contributed by atoms with E-state index >= 15 is 0 Å². The maximum Gasteiger partial charge on any atom is 0.200 e. The van der Waals surface area contributed by atoms with Crippen molar-refractivity contribution in [2.24, 2.45) is 0 Å². The van der Waals surface area contributed by atoms with Crippen molar-refractivity contribution < 1.29 is 9.53 Å². The van der Waals surface area contributed by atoms with Crippen LogP contribution in [-0.2, 0) is 0 Å². The minimum absolute atomic E-state index is 0.00381. The predicted octanol–water partition coefficient (Wildman–Crippen LogP) is 4.29. The summed E-state index contributed by atoms with van der Waals surface area (Å²) < 4.78 is 5.71. The molecule has 0 heterocycles. The minimum Gasteiger partial charge on any atom is -0.484 e. The number of ketones is 1. The maximum atomic E-state index is 12.0. The van der Waals surface area contributed by atoms with E-state index in [-0.39, 0.29) is 12.4 Å². The van der Waals surface area contributed by atoms with E-state index in [1.165, 1.54) is 11.1 Å². The van der Waals surface area contributed by atoms with Crippen LogP contribution in [0.3, 0.4) is 0 Å². The summed E-state index contributed by atoms with van der Waals surface area (Å²) in [6.07, 6.45) is 2.01. The first-order valence-corrected chi connectivity index (χ1v) is 7.70. The SMILES string of the molecule is CSc1cc(C)c(C)cc1OCC(=O)c1ccccc1. The lowest BCUT2D eigenvalue weighted by atomic mass is 10.1. The number of hydrogen-bond acceptors (Lipinski definition) is 3. The van der Waals surface area contributed by atoms with Crippen LogP contribution in [0.1, 0.15) is 21.5 Å². The molecule has 2 aromatic rings. The molecule has 0 aromatic heterocycles. The van der Waals surface area contributed by atoms with Gasteiger partial charge in [0.2, 0.25) is 0 Å². The lowest BCUT2D eigenvalue weighted by Gasteiger charge is -2.12. The number of hydrogen-bond donors (Lipinski definition) is 0. The highest BCUT2D eigenvalue weighted by Gasteiger charge is 2.10. The third kappa shape index (κ3) is 3.42. The molecule has 0 saturated carbocycles. The summed E-state index contributed by atoms with van der Waals surface area (Å²) in [5, 5.41) is 0. The molecule has 0 radical (unpaired) electrons. The first-order chi connectivity index (χ1) is 9.61. The molecular weight excluding hydrogens is 268 g/mol. The van der Waals surface area contributed by atoms with E-state index in [2.05, 4.69) is 13.0 Å². The standard InChI is InChI=1S/C17H18O2S/c1-12-9-16(17(20-3)10-13(12)2)19-11-15(18)14-7-5-4-6-8-14/h4-10H,11H2,1-3H3. The monoisotopic (exact) mass is 286 g/mol. The van der Waals surface area contributed by atoms with Crippen molar-refractivity contribution in [2.75, 3.05) is 12.9 Å². The van der Waals surface area contributed by atoms with Crippen LogP contribution in [0.2, 0.25) is 0 Å². The van der Waals surface area contributed by atoms with Crippen LogP contribution in [0.4, 0.5) is 0 Å². The van der Waals surface area contributed by atoms with Gasteiger partial charge in [0.1, 0.15) is 5.75 Å². The number of aryl methyl sites for hydroxylation is 2. The lowest BCUT2D eigenvalue weighted by Crippen LogP contribution is -2.12. The molecule has 0 saturated heterocycles. The molecule has 2 rings (SSSR count). The zero-order valence-corrected chi connectivity index (χ0v) is 12.8. The van der Waals surface area contributed by atoms with E-state index in [1.54, 1.807) is 11.8 Å². The number of thioether (sulfide) groups is 1. The summed E-state index contributed by atoms with van der Waals surface area (Å²) in [6.45, 7) is 4.19. The maximum absolute atomic E-state index is 12.0. The Morgan fingerprint density at radius 2 is 1.75 bits per heavy atom. The fraction of sp³-hybridized carbons (Fsp3) is 0.235. The summed E-state index contributed by atoms with van der Waals surface area (Å²) in [4.78, 5) is 13.1. The largest absolute Gasteiger partial charge is 0.484 e. The highest BCUT2D eigenvalue weighted by atomic mass is 32.2. The van der Waals surface area contributed by atoms with Gasteiger partial charge in [-0.2, -0.15) is 0 Å². The molecule has 2 nitrogen and oxygen atoms in total. The number of carbonyl (C=O) groups is 1. The van der Waals surface area contributed by atoms with Gasteiger partial charge in [-0.1, -0.05) is 30.3 Å². The molecule has 0 aliphatic rings. The third-order valence-corrected chi connectivity index (χ3v) is 3.99. The molecular formula is C17H18O2S. The minimum atomic E-state index is -0.00381. The molecule has 0 unspecified atom stereocenters. The van der Waals surface area contributed by atoms with Crippen LogP contribution in [0.25, 0.3) is 0 Å². The Morgan fingerprint density at radius 3 is 2.40 bits per heavy atom. The molecule has 104 valence electrons. The highest BCUT2D eigenvalue weighted by molar-refractivity contribution is 7.98. The van der Waals surface area contributed by atoms with Crippen molar-refractivity contribution in [2.45, 2.75) is 18.7 Å². The van der Waals surface area contributed by atoms with E-state index in [0.29, 0.717) is 5.56 Å². The number of Topliss-reactive ketones (excluding diaryl/α,β-unsaturated/α-hetero) is 1. The Hall–Kier alpha value is -1.74. The first kappa shape index (κ1) is 14.7. The van der Waals surface area contributed by atoms with Crippen molar-refractivity contribution in [1.29, 1.82) is 0 Å². The van der Waals surface area contributed by atoms with E-state index in [4.69, 9.17) is 4.74 Å². The van der Waals surface area contributed by atoms with Crippen molar-refractivity contribution >= 4 is 17.5 Å². The lowest BCUT2D eigenvalue weighted by molar-refractivity contribution is 0.0919. The summed E-state index contributed by atoms with van der Waals surface area (Å²) >= 11 is 1.63. The quantitative estimate of drug-likeness (QED) is 0.606. The molecule has 0 aliphatic carbocycles.